The first-order valence-electron chi connectivity index (χ1n) is 4.46. The Kier molecular flexibility index (Phi) is 4.47. The third kappa shape index (κ3) is 4.04. The molecule has 1 aromatic rings. The molecule has 0 radical (unpaired) electrons. The van der Waals surface area contributed by atoms with E-state index in [1.807, 2.05) is 0 Å². The average molecular weight is 277 g/mol. The quantitative estimate of drug-likeness (QED) is 0.809. The monoisotopic (exact) mass is 276 g/mol. The van der Waals surface area contributed by atoms with E-state index in [1.165, 1.54) is 19.1 Å². The number of amides is 3. The lowest BCUT2D eigenvalue weighted by Crippen LogP contribution is -2.42. The van der Waals surface area contributed by atoms with Crippen molar-refractivity contribution < 1.29 is 19.1 Å². The highest BCUT2D eigenvalue weighted by Crippen LogP contribution is 2.22. The van der Waals surface area contributed by atoms with Crippen LogP contribution in [0.1, 0.15) is 16.6 Å². The van der Waals surface area contributed by atoms with E-state index in [-0.39, 0.29) is 4.88 Å². The summed E-state index contributed by atoms with van der Waals surface area (Å²) in [6.07, 6.45) is -1.11. The zero-order valence-electron chi connectivity index (χ0n) is 8.73. The van der Waals surface area contributed by atoms with E-state index in [9.17, 15) is 14.4 Å². The molecule has 3 amide bonds. The normalized spacial score (nSPS) is 11.6. The lowest BCUT2D eigenvalue weighted by Gasteiger charge is -2.10. The zero-order valence-corrected chi connectivity index (χ0v) is 10.3. The number of nitrogens with two attached hydrogens (primary N) is 1. The lowest BCUT2D eigenvalue weighted by atomic mass is 10.3. The number of hydrogen-bond donors (Lipinski definition) is 2. The van der Waals surface area contributed by atoms with Crippen molar-refractivity contribution in [1.82, 2.24) is 5.32 Å². The van der Waals surface area contributed by atoms with E-state index < -0.39 is 24.0 Å². The molecule has 1 rings (SSSR count). The van der Waals surface area contributed by atoms with Gasteiger partial charge in [-0.3, -0.25) is 10.1 Å². The molecule has 0 fully saturated rings. The van der Waals surface area contributed by atoms with Crippen LogP contribution in [0.4, 0.5) is 4.79 Å². The van der Waals surface area contributed by atoms with Crippen LogP contribution in [0, 0.1) is 0 Å². The van der Waals surface area contributed by atoms with Gasteiger partial charge < -0.3 is 10.5 Å². The molecule has 0 aromatic carbocycles. The van der Waals surface area contributed by atoms with Crippen LogP contribution in [0.25, 0.3) is 0 Å². The second-order valence-electron chi connectivity index (χ2n) is 3.00. The molecule has 0 bridgehead atoms. The molecule has 8 heteroatoms. The highest BCUT2D eigenvalue weighted by atomic mass is 35.5. The van der Waals surface area contributed by atoms with Gasteiger partial charge in [-0.25, -0.2) is 9.59 Å². The van der Waals surface area contributed by atoms with Crippen molar-refractivity contribution in [3.63, 3.8) is 0 Å². The van der Waals surface area contributed by atoms with Crippen LogP contribution in [0.3, 0.4) is 0 Å². The Morgan fingerprint density at radius 1 is 1.47 bits per heavy atom. The molecule has 0 aliphatic carbocycles. The van der Waals surface area contributed by atoms with Crippen LogP contribution in [-0.2, 0) is 9.53 Å². The molecule has 0 saturated carbocycles. The molecule has 0 unspecified atom stereocenters. The number of imide groups is 1. The molecule has 17 heavy (non-hydrogen) atoms. The maximum Gasteiger partial charge on any atom is 0.349 e. The van der Waals surface area contributed by atoms with E-state index in [0.717, 1.165) is 11.3 Å². The van der Waals surface area contributed by atoms with Gasteiger partial charge in [0.2, 0.25) is 0 Å². The van der Waals surface area contributed by atoms with Crippen molar-refractivity contribution in [3.8, 4) is 0 Å². The minimum Gasteiger partial charge on any atom is -0.448 e. The van der Waals surface area contributed by atoms with Gasteiger partial charge in [-0.2, -0.15) is 0 Å². The van der Waals surface area contributed by atoms with Crippen LogP contribution in [0.15, 0.2) is 12.1 Å². The number of nitrogens with one attached hydrogen (secondary N) is 1. The number of carbonyl (C=O) groups excluding carboxylic acids is 3. The van der Waals surface area contributed by atoms with Crippen molar-refractivity contribution >= 4 is 40.8 Å². The number of thiophene rings is 1. The molecule has 92 valence electrons. The first kappa shape index (κ1) is 13.5. The van der Waals surface area contributed by atoms with Gasteiger partial charge in [0.25, 0.3) is 5.91 Å². The molecule has 6 nitrogen and oxygen atoms in total. The van der Waals surface area contributed by atoms with E-state index in [2.05, 4.69) is 0 Å². The fourth-order valence-corrected chi connectivity index (χ4v) is 1.85. The summed E-state index contributed by atoms with van der Waals surface area (Å²) in [6.45, 7) is 1.32. The summed E-state index contributed by atoms with van der Waals surface area (Å²) < 4.78 is 5.24. The molecule has 0 spiro atoms. The maximum absolute atomic E-state index is 11.5. The fourth-order valence-electron chi connectivity index (χ4n) is 0.919. The third-order valence-electron chi connectivity index (χ3n) is 1.67. The number of urea groups is 1. The summed E-state index contributed by atoms with van der Waals surface area (Å²) in [4.78, 5) is 33.4. The van der Waals surface area contributed by atoms with E-state index in [4.69, 9.17) is 22.1 Å². The van der Waals surface area contributed by atoms with Gasteiger partial charge in [0, 0.05) is 0 Å². The summed E-state index contributed by atoms with van der Waals surface area (Å²) in [6, 6.07) is 2.02. The number of esters is 1. The number of carbonyl (C=O) groups is 3. The number of rotatable bonds is 3. The third-order valence-corrected chi connectivity index (χ3v) is 2.89. The summed E-state index contributed by atoms with van der Waals surface area (Å²) in [5, 5.41) is 1.80. The van der Waals surface area contributed by atoms with Gasteiger partial charge in [0.05, 0.1) is 4.34 Å². The van der Waals surface area contributed by atoms with Gasteiger partial charge in [-0.1, -0.05) is 11.6 Å². The Bertz CT molecular complexity index is 460. The summed E-state index contributed by atoms with van der Waals surface area (Å²) in [5.41, 5.74) is 4.75. The Balaban J connectivity index is 2.57. The fraction of sp³-hybridized carbons (Fsp3) is 0.222. The molecular weight excluding hydrogens is 268 g/mol. The van der Waals surface area contributed by atoms with Crippen molar-refractivity contribution in [2.45, 2.75) is 13.0 Å². The standard InChI is InChI=1S/C9H9ClN2O4S/c1-4(7(13)12-9(11)15)16-8(14)5-2-3-6(10)17-5/h2-4H,1H3,(H3,11,12,13,15)/t4-/m1/s1. The molecular formula is C9H9ClN2O4S. The lowest BCUT2D eigenvalue weighted by molar-refractivity contribution is -0.127. The smallest absolute Gasteiger partial charge is 0.349 e. The Morgan fingerprint density at radius 2 is 2.12 bits per heavy atom. The predicted octanol–water partition coefficient (Wildman–Crippen LogP) is 1.14. The van der Waals surface area contributed by atoms with Crippen molar-refractivity contribution in [3.05, 3.63) is 21.3 Å². The average Bonchev–Trinajstić information content (AvgIpc) is 2.63. The minimum atomic E-state index is -1.11. The van der Waals surface area contributed by atoms with Crippen LogP contribution >= 0.6 is 22.9 Å². The van der Waals surface area contributed by atoms with Crippen LogP contribution in [0.2, 0.25) is 4.34 Å². The number of hydrogen-bond acceptors (Lipinski definition) is 5. The topological polar surface area (TPSA) is 98.5 Å². The summed E-state index contributed by atoms with van der Waals surface area (Å²) in [5.74, 6) is -1.47. The second kappa shape index (κ2) is 5.65. The molecule has 3 N–H and O–H groups in total. The van der Waals surface area contributed by atoms with Crippen LogP contribution in [-0.4, -0.2) is 24.0 Å². The predicted molar refractivity (Wildman–Crippen MR) is 61.9 cm³/mol. The van der Waals surface area contributed by atoms with Crippen molar-refractivity contribution in [1.29, 1.82) is 0 Å². The molecule has 0 aliphatic rings. The van der Waals surface area contributed by atoms with Crippen molar-refractivity contribution in [2.24, 2.45) is 5.73 Å². The van der Waals surface area contributed by atoms with Gasteiger partial charge in [-0.05, 0) is 19.1 Å². The highest BCUT2D eigenvalue weighted by molar-refractivity contribution is 7.17. The largest absolute Gasteiger partial charge is 0.448 e. The Hall–Kier alpha value is -1.60. The van der Waals surface area contributed by atoms with Gasteiger partial charge in [-0.15, -0.1) is 11.3 Å². The molecule has 0 aliphatic heterocycles. The molecule has 1 heterocycles. The summed E-state index contributed by atoms with van der Waals surface area (Å²) >= 11 is 6.67. The van der Waals surface area contributed by atoms with Gasteiger partial charge in [0.15, 0.2) is 6.10 Å². The molecule has 1 aromatic heterocycles. The van der Waals surface area contributed by atoms with E-state index in [1.54, 1.807) is 5.32 Å². The van der Waals surface area contributed by atoms with Crippen molar-refractivity contribution in [2.75, 3.05) is 0 Å². The summed E-state index contributed by atoms with van der Waals surface area (Å²) in [7, 11) is 0. The van der Waals surface area contributed by atoms with E-state index in [0.29, 0.717) is 4.34 Å². The maximum atomic E-state index is 11.5. The first-order valence-corrected chi connectivity index (χ1v) is 5.66. The van der Waals surface area contributed by atoms with E-state index >= 15 is 0 Å². The zero-order chi connectivity index (χ0) is 13.0. The first-order chi connectivity index (χ1) is 7.90. The second-order valence-corrected chi connectivity index (χ2v) is 4.72. The number of halogens is 1. The highest BCUT2D eigenvalue weighted by Gasteiger charge is 2.20. The molecule has 1 atom stereocenters. The van der Waals surface area contributed by atoms with Crippen LogP contribution < -0.4 is 11.1 Å². The minimum absolute atomic E-state index is 0.272. The van der Waals surface area contributed by atoms with Gasteiger partial charge in [0.1, 0.15) is 4.88 Å². The number of primary amides is 1. The Labute approximate surface area is 106 Å². The number of ether oxygens (including phenoxy) is 1. The van der Waals surface area contributed by atoms with Gasteiger partial charge >= 0.3 is 12.0 Å². The van der Waals surface area contributed by atoms with Crippen LogP contribution in [0.5, 0.6) is 0 Å². The SMILES string of the molecule is C[C@@H](OC(=O)c1ccc(Cl)s1)C(=O)NC(N)=O. The molecule has 0 saturated heterocycles. The Morgan fingerprint density at radius 3 is 2.59 bits per heavy atom.